The van der Waals surface area contributed by atoms with Gasteiger partial charge in [0.25, 0.3) is 0 Å². The zero-order valence-corrected chi connectivity index (χ0v) is 11.9. The smallest absolute Gasteiger partial charge is 0.231 e. The fourth-order valence-electron chi connectivity index (χ4n) is 1.98. The van der Waals surface area contributed by atoms with E-state index in [2.05, 4.69) is 24.0 Å². The molecule has 5 heteroatoms. The fourth-order valence-corrected chi connectivity index (χ4v) is 2.11. The molecule has 1 heterocycles. The Kier molecular flexibility index (Phi) is 4.56. The van der Waals surface area contributed by atoms with Gasteiger partial charge in [0.2, 0.25) is 11.7 Å². The molecule has 102 valence electrons. The van der Waals surface area contributed by atoms with Gasteiger partial charge >= 0.3 is 0 Å². The summed E-state index contributed by atoms with van der Waals surface area (Å²) in [6.45, 7) is 4.82. The number of aromatic nitrogens is 2. The standard InChI is InChI=1S/C14H18ClN3O/c1-9(2)7-11(8-16)14-17-13(18-19-14)10-3-5-12(15)6-4-10/h3-6,9,11H,7-8,16H2,1-2H3. The minimum absolute atomic E-state index is 0.119. The molecule has 0 amide bonds. The molecule has 2 rings (SSSR count). The molecule has 19 heavy (non-hydrogen) atoms. The van der Waals surface area contributed by atoms with Crippen molar-refractivity contribution in [2.24, 2.45) is 11.7 Å². The Hall–Kier alpha value is -1.39. The Labute approximate surface area is 118 Å². The van der Waals surface area contributed by atoms with Crippen LogP contribution in [0.1, 0.15) is 32.1 Å². The Morgan fingerprint density at radius 1 is 1.26 bits per heavy atom. The van der Waals surface area contributed by atoms with E-state index in [1.807, 2.05) is 12.1 Å². The summed E-state index contributed by atoms with van der Waals surface area (Å²) in [4.78, 5) is 4.43. The lowest BCUT2D eigenvalue weighted by Gasteiger charge is -2.11. The zero-order chi connectivity index (χ0) is 13.8. The first-order valence-corrected chi connectivity index (χ1v) is 6.77. The number of rotatable bonds is 5. The summed E-state index contributed by atoms with van der Waals surface area (Å²) >= 11 is 5.85. The molecule has 1 aromatic heterocycles. The molecule has 0 bridgehead atoms. The first-order valence-electron chi connectivity index (χ1n) is 6.39. The number of halogens is 1. The summed E-state index contributed by atoms with van der Waals surface area (Å²) in [7, 11) is 0. The third kappa shape index (κ3) is 3.55. The van der Waals surface area contributed by atoms with Gasteiger partial charge in [0, 0.05) is 17.1 Å². The van der Waals surface area contributed by atoms with Crippen molar-refractivity contribution < 1.29 is 4.52 Å². The van der Waals surface area contributed by atoms with Crippen LogP contribution in [0, 0.1) is 5.92 Å². The second-order valence-corrected chi connectivity index (χ2v) is 5.46. The van der Waals surface area contributed by atoms with Crippen LogP contribution < -0.4 is 5.73 Å². The summed E-state index contributed by atoms with van der Waals surface area (Å²) in [5.41, 5.74) is 6.66. The van der Waals surface area contributed by atoms with Crippen molar-refractivity contribution in [3.63, 3.8) is 0 Å². The molecule has 0 saturated heterocycles. The number of benzene rings is 1. The van der Waals surface area contributed by atoms with E-state index in [1.165, 1.54) is 0 Å². The second kappa shape index (κ2) is 6.17. The van der Waals surface area contributed by atoms with Crippen molar-refractivity contribution in [2.45, 2.75) is 26.2 Å². The third-order valence-electron chi connectivity index (χ3n) is 2.93. The molecule has 0 radical (unpaired) electrons. The van der Waals surface area contributed by atoms with Gasteiger partial charge in [-0.05, 0) is 36.6 Å². The van der Waals surface area contributed by atoms with Crippen molar-refractivity contribution in [1.29, 1.82) is 0 Å². The molecule has 4 nitrogen and oxygen atoms in total. The molecule has 0 saturated carbocycles. The van der Waals surface area contributed by atoms with Gasteiger partial charge in [0.1, 0.15) is 0 Å². The Morgan fingerprint density at radius 2 is 1.95 bits per heavy atom. The average Bonchev–Trinajstić information content (AvgIpc) is 2.86. The maximum absolute atomic E-state index is 5.85. The fraction of sp³-hybridized carbons (Fsp3) is 0.429. The van der Waals surface area contributed by atoms with E-state index in [0.29, 0.717) is 29.2 Å². The van der Waals surface area contributed by atoms with Crippen molar-refractivity contribution in [3.8, 4) is 11.4 Å². The number of nitrogens with two attached hydrogens (primary N) is 1. The van der Waals surface area contributed by atoms with E-state index in [9.17, 15) is 0 Å². The van der Waals surface area contributed by atoms with Crippen LogP contribution in [0.4, 0.5) is 0 Å². The molecular formula is C14H18ClN3O. The lowest BCUT2D eigenvalue weighted by molar-refractivity contribution is 0.335. The largest absolute Gasteiger partial charge is 0.339 e. The number of hydrogen-bond acceptors (Lipinski definition) is 4. The predicted octanol–water partition coefficient (Wildman–Crippen LogP) is 3.48. The van der Waals surface area contributed by atoms with E-state index >= 15 is 0 Å². The molecule has 0 spiro atoms. The van der Waals surface area contributed by atoms with Crippen LogP contribution >= 0.6 is 11.6 Å². The number of nitrogens with zero attached hydrogens (tertiary/aromatic N) is 2. The topological polar surface area (TPSA) is 64.9 Å². The molecule has 1 unspecified atom stereocenters. The maximum atomic E-state index is 5.85. The summed E-state index contributed by atoms with van der Waals surface area (Å²) in [6.07, 6.45) is 0.943. The van der Waals surface area contributed by atoms with Gasteiger partial charge in [0.05, 0.1) is 5.92 Å². The van der Waals surface area contributed by atoms with Crippen molar-refractivity contribution in [2.75, 3.05) is 6.54 Å². The van der Waals surface area contributed by atoms with Gasteiger partial charge in [-0.2, -0.15) is 4.98 Å². The Balaban J connectivity index is 2.20. The number of hydrogen-bond donors (Lipinski definition) is 1. The van der Waals surface area contributed by atoms with Crippen LogP contribution in [0.15, 0.2) is 28.8 Å². The van der Waals surface area contributed by atoms with E-state index in [1.54, 1.807) is 12.1 Å². The van der Waals surface area contributed by atoms with Gasteiger partial charge < -0.3 is 10.3 Å². The van der Waals surface area contributed by atoms with Crippen LogP contribution in [0.5, 0.6) is 0 Å². The van der Waals surface area contributed by atoms with Gasteiger partial charge in [-0.3, -0.25) is 0 Å². The molecule has 0 aliphatic carbocycles. The molecule has 1 atom stereocenters. The maximum Gasteiger partial charge on any atom is 0.231 e. The summed E-state index contributed by atoms with van der Waals surface area (Å²) in [6, 6.07) is 7.36. The van der Waals surface area contributed by atoms with Crippen molar-refractivity contribution in [1.82, 2.24) is 10.1 Å². The summed E-state index contributed by atoms with van der Waals surface area (Å²) in [5.74, 6) is 1.85. The highest BCUT2D eigenvalue weighted by Crippen LogP contribution is 2.24. The molecule has 0 aliphatic heterocycles. The lowest BCUT2D eigenvalue weighted by atomic mass is 9.97. The lowest BCUT2D eigenvalue weighted by Crippen LogP contribution is -2.15. The monoisotopic (exact) mass is 279 g/mol. The van der Waals surface area contributed by atoms with Crippen LogP contribution in [-0.2, 0) is 0 Å². The molecule has 0 fully saturated rings. The highest BCUT2D eigenvalue weighted by molar-refractivity contribution is 6.30. The van der Waals surface area contributed by atoms with Crippen LogP contribution in [0.25, 0.3) is 11.4 Å². The highest BCUT2D eigenvalue weighted by atomic mass is 35.5. The molecular weight excluding hydrogens is 262 g/mol. The van der Waals surface area contributed by atoms with Crippen LogP contribution in [0.3, 0.4) is 0 Å². The minimum Gasteiger partial charge on any atom is -0.339 e. The van der Waals surface area contributed by atoms with E-state index in [-0.39, 0.29) is 5.92 Å². The van der Waals surface area contributed by atoms with Gasteiger partial charge in [-0.25, -0.2) is 0 Å². The van der Waals surface area contributed by atoms with Crippen molar-refractivity contribution >= 4 is 11.6 Å². The Morgan fingerprint density at radius 3 is 2.53 bits per heavy atom. The molecule has 2 N–H and O–H groups in total. The SMILES string of the molecule is CC(C)CC(CN)c1nc(-c2ccc(Cl)cc2)no1. The first kappa shape index (κ1) is 14.0. The normalized spacial score (nSPS) is 12.9. The van der Waals surface area contributed by atoms with Crippen LogP contribution in [-0.4, -0.2) is 16.7 Å². The first-order chi connectivity index (χ1) is 9.10. The van der Waals surface area contributed by atoms with E-state index in [4.69, 9.17) is 21.9 Å². The summed E-state index contributed by atoms with van der Waals surface area (Å²) < 4.78 is 5.33. The van der Waals surface area contributed by atoms with Gasteiger partial charge in [-0.15, -0.1) is 0 Å². The quantitative estimate of drug-likeness (QED) is 0.910. The minimum atomic E-state index is 0.119. The van der Waals surface area contributed by atoms with Crippen molar-refractivity contribution in [3.05, 3.63) is 35.2 Å². The predicted molar refractivity (Wildman–Crippen MR) is 76.0 cm³/mol. The molecule has 0 aliphatic rings. The summed E-state index contributed by atoms with van der Waals surface area (Å²) in [5, 5.41) is 4.69. The van der Waals surface area contributed by atoms with Crippen LogP contribution in [0.2, 0.25) is 5.02 Å². The Bertz CT molecular complexity index is 522. The molecule has 2 aromatic rings. The highest BCUT2D eigenvalue weighted by Gasteiger charge is 2.19. The molecule has 1 aromatic carbocycles. The van der Waals surface area contributed by atoms with E-state index < -0.39 is 0 Å². The average molecular weight is 280 g/mol. The van der Waals surface area contributed by atoms with Gasteiger partial charge in [-0.1, -0.05) is 30.6 Å². The third-order valence-corrected chi connectivity index (χ3v) is 3.19. The zero-order valence-electron chi connectivity index (χ0n) is 11.1. The van der Waals surface area contributed by atoms with Gasteiger partial charge in [0.15, 0.2) is 0 Å². The second-order valence-electron chi connectivity index (χ2n) is 5.03. The van der Waals surface area contributed by atoms with E-state index in [0.717, 1.165) is 12.0 Å².